The second-order valence-electron chi connectivity index (χ2n) is 6.39. The Morgan fingerprint density at radius 3 is 2.75 bits per heavy atom. The molecule has 0 aliphatic heterocycles. The zero-order valence-corrected chi connectivity index (χ0v) is 12.3. The molecule has 3 rings (SSSR count). The van der Waals surface area contributed by atoms with E-state index < -0.39 is 0 Å². The molecule has 1 aliphatic carbocycles. The normalized spacial score (nSPS) is 21.6. The number of benzene rings is 1. The number of aromatic nitrogens is 2. The maximum atomic E-state index is 4.50. The summed E-state index contributed by atoms with van der Waals surface area (Å²) in [7, 11) is 0. The van der Waals surface area contributed by atoms with Crippen LogP contribution in [0.4, 0.5) is 5.95 Å². The number of hydrogen-bond acceptors (Lipinski definition) is 2. The van der Waals surface area contributed by atoms with Gasteiger partial charge in [0.25, 0.3) is 0 Å². The summed E-state index contributed by atoms with van der Waals surface area (Å²) in [5.74, 6) is 0.955. The third-order valence-electron chi connectivity index (χ3n) is 4.49. The van der Waals surface area contributed by atoms with E-state index in [-0.39, 0.29) is 0 Å². The number of rotatable bonds is 3. The van der Waals surface area contributed by atoms with Crippen LogP contribution in [0.3, 0.4) is 0 Å². The van der Waals surface area contributed by atoms with Gasteiger partial charge in [0.15, 0.2) is 0 Å². The van der Waals surface area contributed by atoms with Crippen molar-refractivity contribution in [2.75, 3.05) is 5.32 Å². The first-order valence-corrected chi connectivity index (χ1v) is 7.52. The van der Waals surface area contributed by atoms with Crippen molar-refractivity contribution >= 4 is 5.95 Å². The molecule has 0 radical (unpaired) electrons. The highest BCUT2D eigenvalue weighted by atomic mass is 15.2. The Bertz CT molecular complexity index is 557. The highest BCUT2D eigenvalue weighted by Crippen LogP contribution is 2.37. The van der Waals surface area contributed by atoms with E-state index in [0.717, 1.165) is 11.6 Å². The molecule has 1 saturated carbocycles. The van der Waals surface area contributed by atoms with Crippen LogP contribution in [-0.2, 0) is 0 Å². The molecule has 0 spiro atoms. The summed E-state index contributed by atoms with van der Waals surface area (Å²) in [5, 5.41) is 3.67. The lowest BCUT2D eigenvalue weighted by atomic mass is 9.73. The Morgan fingerprint density at radius 2 is 2.00 bits per heavy atom. The third-order valence-corrected chi connectivity index (χ3v) is 4.49. The number of anilines is 1. The van der Waals surface area contributed by atoms with Crippen molar-refractivity contribution in [3.8, 4) is 5.69 Å². The molecule has 106 valence electrons. The van der Waals surface area contributed by atoms with E-state index in [0.29, 0.717) is 11.5 Å². The van der Waals surface area contributed by atoms with E-state index in [4.69, 9.17) is 0 Å². The minimum Gasteiger partial charge on any atom is -0.352 e. The Morgan fingerprint density at radius 1 is 1.20 bits per heavy atom. The molecular weight excluding hydrogens is 246 g/mol. The van der Waals surface area contributed by atoms with E-state index in [1.807, 2.05) is 18.5 Å². The van der Waals surface area contributed by atoms with Gasteiger partial charge < -0.3 is 5.32 Å². The first-order chi connectivity index (χ1) is 9.67. The fourth-order valence-electron chi connectivity index (χ4n) is 3.12. The van der Waals surface area contributed by atoms with Gasteiger partial charge in [-0.15, -0.1) is 0 Å². The Balaban J connectivity index is 1.84. The summed E-state index contributed by atoms with van der Waals surface area (Å²) in [5.41, 5.74) is 1.49. The summed E-state index contributed by atoms with van der Waals surface area (Å²) >= 11 is 0. The predicted molar refractivity (Wildman–Crippen MR) is 83.2 cm³/mol. The Hall–Kier alpha value is -1.77. The van der Waals surface area contributed by atoms with Gasteiger partial charge in [0.05, 0.1) is 0 Å². The van der Waals surface area contributed by atoms with E-state index in [2.05, 4.69) is 53.0 Å². The second-order valence-corrected chi connectivity index (χ2v) is 6.39. The van der Waals surface area contributed by atoms with Crippen molar-refractivity contribution in [2.24, 2.45) is 5.41 Å². The van der Waals surface area contributed by atoms with Crippen LogP contribution in [0.25, 0.3) is 5.69 Å². The van der Waals surface area contributed by atoms with Gasteiger partial charge in [-0.05, 0) is 30.4 Å². The molecule has 3 heteroatoms. The topological polar surface area (TPSA) is 29.9 Å². The lowest BCUT2D eigenvalue weighted by Crippen LogP contribution is -2.39. The zero-order chi connectivity index (χ0) is 14.0. The van der Waals surface area contributed by atoms with Crippen LogP contribution in [0, 0.1) is 5.41 Å². The molecule has 1 aromatic carbocycles. The summed E-state index contributed by atoms with van der Waals surface area (Å²) in [4.78, 5) is 4.50. The summed E-state index contributed by atoms with van der Waals surface area (Å²) < 4.78 is 2.13. The number of para-hydroxylation sites is 1. The van der Waals surface area contributed by atoms with Crippen molar-refractivity contribution in [1.29, 1.82) is 0 Å². The lowest BCUT2D eigenvalue weighted by molar-refractivity contribution is 0.216. The van der Waals surface area contributed by atoms with Crippen molar-refractivity contribution in [3.05, 3.63) is 42.7 Å². The van der Waals surface area contributed by atoms with Gasteiger partial charge in [-0.2, -0.15) is 0 Å². The van der Waals surface area contributed by atoms with Crippen LogP contribution >= 0.6 is 0 Å². The summed E-state index contributed by atoms with van der Waals surface area (Å²) in [6, 6.07) is 10.9. The SMILES string of the molecule is CC1(C)CCCCC1Nc1nccn1-c1ccccc1. The van der Waals surface area contributed by atoms with Crippen molar-refractivity contribution in [2.45, 2.75) is 45.6 Å². The minimum atomic E-state index is 0.339. The number of imidazole rings is 1. The monoisotopic (exact) mass is 269 g/mol. The molecule has 2 aromatic rings. The molecule has 1 heterocycles. The number of nitrogens with one attached hydrogen (secondary N) is 1. The third kappa shape index (κ3) is 2.58. The van der Waals surface area contributed by atoms with E-state index in [9.17, 15) is 0 Å². The van der Waals surface area contributed by atoms with Crippen LogP contribution in [0.5, 0.6) is 0 Å². The maximum absolute atomic E-state index is 4.50. The molecule has 1 unspecified atom stereocenters. The van der Waals surface area contributed by atoms with Crippen molar-refractivity contribution in [1.82, 2.24) is 9.55 Å². The molecular formula is C17H23N3. The predicted octanol–water partition coefficient (Wildman–Crippen LogP) is 4.25. The smallest absolute Gasteiger partial charge is 0.207 e. The first kappa shape index (κ1) is 13.2. The second kappa shape index (κ2) is 5.31. The molecule has 1 aliphatic rings. The van der Waals surface area contributed by atoms with Gasteiger partial charge in [0, 0.05) is 24.1 Å². The van der Waals surface area contributed by atoms with E-state index in [1.54, 1.807) is 0 Å². The molecule has 0 bridgehead atoms. The first-order valence-electron chi connectivity index (χ1n) is 7.52. The largest absolute Gasteiger partial charge is 0.352 e. The van der Waals surface area contributed by atoms with E-state index in [1.165, 1.54) is 25.7 Å². The van der Waals surface area contributed by atoms with Crippen LogP contribution in [-0.4, -0.2) is 15.6 Å². The summed E-state index contributed by atoms with van der Waals surface area (Å²) in [6.45, 7) is 4.72. The van der Waals surface area contributed by atoms with Crippen LogP contribution < -0.4 is 5.32 Å². The van der Waals surface area contributed by atoms with Crippen molar-refractivity contribution < 1.29 is 0 Å². The lowest BCUT2D eigenvalue weighted by Gasteiger charge is -2.39. The molecule has 1 atom stereocenters. The standard InChI is InChI=1S/C17H23N3/c1-17(2)11-7-6-10-15(17)19-16-18-12-13-20(16)14-8-4-3-5-9-14/h3-5,8-9,12-13,15H,6-7,10-11H2,1-2H3,(H,18,19). The molecule has 0 amide bonds. The highest BCUT2D eigenvalue weighted by Gasteiger charge is 2.32. The van der Waals surface area contributed by atoms with Gasteiger partial charge >= 0.3 is 0 Å². The average molecular weight is 269 g/mol. The quantitative estimate of drug-likeness (QED) is 0.902. The Kier molecular flexibility index (Phi) is 3.51. The van der Waals surface area contributed by atoms with E-state index >= 15 is 0 Å². The van der Waals surface area contributed by atoms with Crippen LogP contribution in [0.15, 0.2) is 42.7 Å². The molecule has 20 heavy (non-hydrogen) atoms. The molecule has 3 nitrogen and oxygen atoms in total. The van der Waals surface area contributed by atoms with Gasteiger partial charge in [-0.1, -0.05) is 44.9 Å². The Labute approximate surface area is 121 Å². The molecule has 1 N–H and O–H groups in total. The van der Waals surface area contributed by atoms with Gasteiger partial charge in [-0.25, -0.2) is 4.98 Å². The summed E-state index contributed by atoms with van der Waals surface area (Å²) in [6.07, 6.45) is 9.06. The van der Waals surface area contributed by atoms with Crippen molar-refractivity contribution in [3.63, 3.8) is 0 Å². The molecule has 1 fully saturated rings. The van der Waals surface area contributed by atoms with Gasteiger partial charge in [-0.3, -0.25) is 4.57 Å². The minimum absolute atomic E-state index is 0.339. The maximum Gasteiger partial charge on any atom is 0.207 e. The zero-order valence-electron chi connectivity index (χ0n) is 12.3. The molecule has 1 aromatic heterocycles. The fraction of sp³-hybridized carbons (Fsp3) is 0.471. The number of nitrogens with zero attached hydrogens (tertiary/aromatic N) is 2. The average Bonchev–Trinajstić information content (AvgIpc) is 2.90. The van der Waals surface area contributed by atoms with Crippen LogP contribution in [0.2, 0.25) is 0 Å². The van der Waals surface area contributed by atoms with Crippen LogP contribution in [0.1, 0.15) is 39.5 Å². The van der Waals surface area contributed by atoms with Gasteiger partial charge in [0.1, 0.15) is 0 Å². The molecule has 0 saturated heterocycles. The number of hydrogen-bond donors (Lipinski definition) is 1. The fourth-order valence-corrected chi connectivity index (χ4v) is 3.12. The highest BCUT2D eigenvalue weighted by molar-refractivity contribution is 5.42. The van der Waals surface area contributed by atoms with Gasteiger partial charge in [0.2, 0.25) is 5.95 Å².